The summed E-state index contributed by atoms with van der Waals surface area (Å²) in [5.74, 6) is 1.41. The van der Waals surface area contributed by atoms with Crippen LogP contribution in [0.2, 0.25) is 0 Å². The molecule has 52 heavy (non-hydrogen) atoms. The van der Waals surface area contributed by atoms with Crippen molar-refractivity contribution in [3.63, 3.8) is 0 Å². The van der Waals surface area contributed by atoms with E-state index in [4.69, 9.17) is 33.2 Å². The van der Waals surface area contributed by atoms with E-state index in [1.807, 2.05) is 60.7 Å². The molecule has 0 radical (unpaired) electrons. The van der Waals surface area contributed by atoms with Crippen LogP contribution in [-0.2, 0) is 27.4 Å². The summed E-state index contributed by atoms with van der Waals surface area (Å²) in [5.41, 5.74) is 2.41. The Morgan fingerprint density at radius 3 is 1.54 bits per heavy atom. The molecule has 5 aromatic rings. The van der Waals surface area contributed by atoms with Gasteiger partial charge >= 0.3 is 0 Å². The summed E-state index contributed by atoms with van der Waals surface area (Å²) in [6.45, 7) is 0.407. The van der Waals surface area contributed by atoms with Crippen molar-refractivity contribution in [1.29, 1.82) is 0 Å². The topological polar surface area (TPSA) is 102 Å². The molecule has 10 heteroatoms. The fourth-order valence-electron chi connectivity index (χ4n) is 6.44. The first-order valence-corrected chi connectivity index (χ1v) is 17.0. The van der Waals surface area contributed by atoms with Crippen molar-refractivity contribution in [2.24, 2.45) is 0 Å². The zero-order chi connectivity index (χ0) is 35.9. The number of benzene rings is 5. The Hall–Kier alpha value is -5.68. The molecule has 5 aromatic carbocycles. The molecule has 2 aliphatic rings. The Bertz CT molecular complexity index is 1900. The van der Waals surface area contributed by atoms with E-state index in [9.17, 15) is 9.59 Å². The number of methoxy groups -OCH3 is 2. The first kappa shape index (κ1) is 34.8. The maximum atomic E-state index is 14.2. The Labute approximate surface area is 302 Å². The van der Waals surface area contributed by atoms with Crippen LogP contribution in [-0.4, -0.2) is 68.2 Å². The second kappa shape index (κ2) is 16.1. The molecule has 2 amide bonds. The second-order valence-electron chi connectivity index (χ2n) is 12.4. The summed E-state index contributed by atoms with van der Waals surface area (Å²) in [4.78, 5) is 29.6. The molecule has 1 saturated heterocycles. The third kappa shape index (κ3) is 7.64. The summed E-state index contributed by atoms with van der Waals surface area (Å²) in [5, 5.41) is 0. The lowest BCUT2D eigenvalue weighted by Gasteiger charge is -2.48. The van der Waals surface area contributed by atoms with Gasteiger partial charge in [-0.1, -0.05) is 72.8 Å². The molecule has 2 heterocycles. The van der Waals surface area contributed by atoms with Crippen LogP contribution in [0.5, 0.6) is 23.0 Å². The van der Waals surface area contributed by atoms with Crippen LogP contribution in [0.1, 0.15) is 31.8 Å². The molecule has 0 spiro atoms. The lowest BCUT2D eigenvalue weighted by molar-refractivity contribution is -0.274. The summed E-state index contributed by atoms with van der Waals surface area (Å²) in [6.07, 6.45) is -3.71. The van der Waals surface area contributed by atoms with E-state index in [1.165, 1.54) is 4.90 Å². The molecule has 266 valence electrons. The predicted molar refractivity (Wildman–Crippen MR) is 192 cm³/mol. The Morgan fingerprint density at radius 2 is 1.02 bits per heavy atom. The lowest BCUT2D eigenvalue weighted by Crippen LogP contribution is -2.68. The molecule has 2 aliphatic heterocycles. The van der Waals surface area contributed by atoms with Gasteiger partial charge in [0.15, 0.2) is 0 Å². The monoisotopic (exact) mass is 701 g/mol. The van der Waals surface area contributed by atoms with Gasteiger partial charge < -0.3 is 33.2 Å². The average molecular weight is 702 g/mol. The van der Waals surface area contributed by atoms with Gasteiger partial charge in [0.05, 0.1) is 38.6 Å². The highest BCUT2D eigenvalue weighted by Crippen LogP contribution is 2.37. The Balaban J connectivity index is 1.30. The quantitative estimate of drug-likeness (QED) is 0.117. The fourth-order valence-corrected chi connectivity index (χ4v) is 6.44. The second-order valence-corrected chi connectivity index (χ2v) is 12.4. The molecule has 1 fully saturated rings. The number of fused-ring (bicyclic) bond motifs is 1. The zero-order valence-corrected chi connectivity index (χ0v) is 28.8. The van der Waals surface area contributed by atoms with Crippen LogP contribution in [0.4, 0.5) is 0 Å². The third-order valence-corrected chi connectivity index (χ3v) is 9.09. The van der Waals surface area contributed by atoms with Gasteiger partial charge in [0.1, 0.15) is 54.0 Å². The third-order valence-electron chi connectivity index (χ3n) is 9.09. The van der Waals surface area contributed by atoms with Gasteiger partial charge in [-0.15, -0.1) is 0 Å². The van der Waals surface area contributed by atoms with Crippen molar-refractivity contribution in [1.82, 2.24) is 4.90 Å². The highest BCUT2D eigenvalue weighted by Gasteiger charge is 2.56. The number of imide groups is 1. The van der Waals surface area contributed by atoms with E-state index in [0.717, 1.165) is 11.1 Å². The van der Waals surface area contributed by atoms with Gasteiger partial charge in [0.2, 0.25) is 6.29 Å². The normalized spacial score (nSPS) is 21.0. The van der Waals surface area contributed by atoms with Gasteiger partial charge in [-0.2, -0.15) is 0 Å². The molecule has 0 N–H and O–H groups in total. The van der Waals surface area contributed by atoms with E-state index in [1.54, 1.807) is 87.0 Å². The zero-order valence-electron chi connectivity index (χ0n) is 28.8. The molecule has 0 unspecified atom stereocenters. The maximum absolute atomic E-state index is 14.2. The number of rotatable bonds is 14. The van der Waals surface area contributed by atoms with Crippen LogP contribution in [0.25, 0.3) is 0 Å². The Kier molecular flexibility index (Phi) is 10.8. The van der Waals surface area contributed by atoms with E-state index in [0.29, 0.717) is 34.1 Å². The molecular weight excluding hydrogens is 662 g/mol. The van der Waals surface area contributed by atoms with E-state index in [2.05, 4.69) is 0 Å². The first-order chi connectivity index (χ1) is 25.5. The van der Waals surface area contributed by atoms with Crippen molar-refractivity contribution < 1.29 is 42.7 Å². The van der Waals surface area contributed by atoms with Crippen LogP contribution >= 0.6 is 0 Å². The predicted octanol–water partition coefficient (Wildman–Crippen LogP) is 6.72. The number of hydrogen-bond donors (Lipinski definition) is 0. The fraction of sp³-hybridized carbons (Fsp3) is 0.238. The minimum Gasteiger partial charge on any atom is -0.497 e. The summed E-state index contributed by atoms with van der Waals surface area (Å²) in [7, 11) is 3.18. The molecule has 5 atom stereocenters. The SMILES string of the molecule is COc1ccc(OC[C@H]2O[C@H](Oc3ccc(OC)cc3)[C@@H](N3C(=O)c4ccccc4C3=O)[C@@H](OCc3ccccc3)[C@@H]2OCc2ccccc2)cc1. The van der Waals surface area contributed by atoms with Gasteiger partial charge in [0.25, 0.3) is 11.8 Å². The summed E-state index contributed by atoms with van der Waals surface area (Å²) in [6, 6.07) is 39.3. The van der Waals surface area contributed by atoms with Gasteiger partial charge in [-0.05, 0) is 71.8 Å². The maximum Gasteiger partial charge on any atom is 0.262 e. The van der Waals surface area contributed by atoms with Crippen LogP contribution < -0.4 is 18.9 Å². The van der Waals surface area contributed by atoms with Crippen molar-refractivity contribution in [3.05, 3.63) is 156 Å². The number of carbonyl (C=O) groups excluding carboxylic acids is 2. The summed E-state index contributed by atoms with van der Waals surface area (Å²) < 4.78 is 43.8. The number of carbonyl (C=O) groups is 2. The van der Waals surface area contributed by atoms with Gasteiger partial charge in [-0.3, -0.25) is 14.5 Å². The highest BCUT2D eigenvalue weighted by molar-refractivity contribution is 6.21. The lowest BCUT2D eigenvalue weighted by atomic mass is 9.94. The molecule has 7 rings (SSSR count). The van der Waals surface area contributed by atoms with E-state index >= 15 is 0 Å². The van der Waals surface area contributed by atoms with Crippen molar-refractivity contribution in [3.8, 4) is 23.0 Å². The number of hydrogen-bond acceptors (Lipinski definition) is 9. The largest absolute Gasteiger partial charge is 0.497 e. The van der Waals surface area contributed by atoms with Crippen molar-refractivity contribution in [2.45, 2.75) is 43.9 Å². The average Bonchev–Trinajstić information content (AvgIpc) is 3.45. The standard InChI is InChI=1S/C42H39NO9/c1-46-30-17-21-32(22-18-30)48-27-36-38(49-25-28-11-5-3-6-12-28)39(50-26-29-13-7-4-8-14-29)37(42(52-36)51-33-23-19-31(47-2)20-24-33)43-40(44)34-15-9-10-16-35(34)41(43)45/h3-24,36-39,42H,25-27H2,1-2H3/t36-,37+,38-,39-,42+/m1/s1. The van der Waals surface area contributed by atoms with Crippen LogP contribution in [0, 0.1) is 0 Å². The highest BCUT2D eigenvalue weighted by atomic mass is 16.7. The smallest absolute Gasteiger partial charge is 0.262 e. The van der Waals surface area contributed by atoms with Gasteiger partial charge in [-0.25, -0.2) is 0 Å². The van der Waals surface area contributed by atoms with Crippen molar-refractivity contribution >= 4 is 11.8 Å². The molecule has 0 bridgehead atoms. The van der Waals surface area contributed by atoms with Crippen LogP contribution in [0.15, 0.2) is 133 Å². The number of nitrogens with zero attached hydrogens (tertiary/aromatic N) is 1. The van der Waals surface area contributed by atoms with Crippen molar-refractivity contribution in [2.75, 3.05) is 20.8 Å². The minimum atomic E-state index is -1.18. The molecule has 0 aliphatic carbocycles. The number of amides is 2. The van der Waals surface area contributed by atoms with E-state index in [-0.39, 0.29) is 19.8 Å². The van der Waals surface area contributed by atoms with Gasteiger partial charge in [0, 0.05) is 0 Å². The minimum absolute atomic E-state index is 0.0360. The van der Waals surface area contributed by atoms with Crippen LogP contribution in [0.3, 0.4) is 0 Å². The first-order valence-electron chi connectivity index (χ1n) is 17.0. The van der Waals surface area contributed by atoms with E-state index < -0.39 is 42.5 Å². The number of ether oxygens (including phenoxy) is 7. The molecule has 0 saturated carbocycles. The molecular formula is C42H39NO9. The Morgan fingerprint density at radius 1 is 0.558 bits per heavy atom. The summed E-state index contributed by atoms with van der Waals surface area (Å²) >= 11 is 0. The molecule has 0 aromatic heterocycles. The molecule has 10 nitrogen and oxygen atoms in total.